The third-order valence-corrected chi connectivity index (χ3v) is 3.24. The van der Waals surface area contributed by atoms with Crippen LogP contribution in [-0.2, 0) is 0 Å². The number of pyridine rings is 1. The molecular weight excluding hydrogens is 248 g/mol. The third-order valence-electron chi connectivity index (χ3n) is 3.24. The molecule has 20 heavy (non-hydrogen) atoms. The van der Waals surface area contributed by atoms with Crippen LogP contribution in [0.2, 0.25) is 0 Å². The van der Waals surface area contributed by atoms with Gasteiger partial charge in [0.15, 0.2) is 0 Å². The molecule has 0 amide bonds. The second-order valence-corrected chi connectivity index (χ2v) is 4.69. The first-order valence-electron chi connectivity index (χ1n) is 6.46. The second kappa shape index (κ2) is 5.13. The number of nitrogens with one attached hydrogen (secondary N) is 1. The van der Waals surface area contributed by atoms with E-state index in [0.29, 0.717) is 5.56 Å². The summed E-state index contributed by atoms with van der Waals surface area (Å²) in [7, 11) is 0. The van der Waals surface area contributed by atoms with Gasteiger partial charge in [-0.15, -0.1) is 0 Å². The molecule has 0 aliphatic rings. The fraction of sp³-hybridized carbons (Fsp3) is 0.0588. The van der Waals surface area contributed by atoms with Gasteiger partial charge in [-0.05, 0) is 36.1 Å². The van der Waals surface area contributed by atoms with Crippen molar-refractivity contribution in [3.05, 3.63) is 76.1 Å². The molecule has 2 aromatic carbocycles. The van der Waals surface area contributed by atoms with Crippen molar-refractivity contribution in [3.63, 3.8) is 0 Å². The van der Waals surface area contributed by atoms with Gasteiger partial charge in [-0.25, -0.2) is 0 Å². The highest BCUT2D eigenvalue weighted by Crippen LogP contribution is 2.17. The van der Waals surface area contributed by atoms with Gasteiger partial charge >= 0.3 is 0 Å². The summed E-state index contributed by atoms with van der Waals surface area (Å²) in [5.41, 5.74) is 3.24. The monoisotopic (exact) mass is 262 g/mol. The van der Waals surface area contributed by atoms with E-state index >= 15 is 0 Å². The zero-order valence-corrected chi connectivity index (χ0v) is 11.1. The minimum absolute atomic E-state index is 0.124. The largest absolute Gasteiger partial charge is 0.321 e. The number of nitrogens with zero attached hydrogens (tertiary/aromatic N) is 1. The van der Waals surface area contributed by atoms with Crippen molar-refractivity contribution in [2.75, 3.05) is 0 Å². The Labute approximate surface area is 116 Å². The lowest BCUT2D eigenvalue weighted by atomic mass is 10.1. The predicted molar refractivity (Wildman–Crippen MR) is 83.0 cm³/mol. The van der Waals surface area contributed by atoms with Gasteiger partial charge in [-0.2, -0.15) is 0 Å². The molecule has 0 aliphatic heterocycles. The van der Waals surface area contributed by atoms with E-state index in [1.165, 1.54) is 0 Å². The molecule has 3 nitrogen and oxygen atoms in total. The lowest BCUT2D eigenvalue weighted by Crippen LogP contribution is -2.11. The average molecular weight is 262 g/mol. The van der Waals surface area contributed by atoms with Crippen molar-refractivity contribution in [2.45, 2.75) is 6.92 Å². The van der Waals surface area contributed by atoms with Crippen LogP contribution >= 0.6 is 0 Å². The Kier molecular flexibility index (Phi) is 3.17. The number of aryl methyl sites for hydroxylation is 1. The summed E-state index contributed by atoms with van der Waals surface area (Å²) in [6.07, 6.45) is 1.62. The molecule has 0 saturated heterocycles. The molecule has 1 heterocycles. The molecule has 0 spiro atoms. The molecular formula is C17H14N2O. The number of H-pyrrole nitrogens is 1. The number of para-hydroxylation sites is 2. The number of rotatable bonds is 2. The van der Waals surface area contributed by atoms with Crippen molar-refractivity contribution >= 4 is 22.8 Å². The molecule has 0 unspecified atom stereocenters. The highest BCUT2D eigenvalue weighted by Gasteiger charge is 2.00. The first-order chi connectivity index (χ1) is 9.74. The van der Waals surface area contributed by atoms with E-state index in [4.69, 9.17) is 0 Å². The summed E-state index contributed by atoms with van der Waals surface area (Å²) < 4.78 is 0. The van der Waals surface area contributed by atoms with Gasteiger partial charge in [-0.3, -0.25) is 9.79 Å². The fourth-order valence-corrected chi connectivity index (χ4v) is 2.11. The summed E-state index contributed by atoms with van der Waals surface area (Å²) in [6, 6.07) is 17.4. The topological polar surface area (TPSA) is 45.2 Å². The zero-order valence-electron chi connectivity index (χ0n) is 11.1. The number of fused-ring (bicyclic) bond motifs is 1. The van der Waals surface area contributed by atoms with Crippen molar-refractivity contribution in [1.29, 1.82) is 0 Å². The van der Waals surface area contributed by atoms with Gasteiger partial charge in [0.05, 0.1) is 11.3 Å². The van der Waals surface area contributed by atoms with E-state index in [1.807, 2.05) is 61.5 Å². The smallest absolute Gasteiger partial charge is 0.257 e. The van der Waals surface area contributed by atoms with Gasteiger partial charge in [-0.1, -0.05) is 36.4 Å². The van der Waals surface area contributed by atoms with Gasteiger partial charge in [0.2, 0.25) is 0 Å². The maximum absolute atomic E-state index is 12.0. The number of aromatic nitrogens is 1. The molecule has 0 saturated carbocycles. The maximum atomic E-state index is 12.0. The second-order valence-electron chi connectivity index (χ2n) is 4.69. The number of aliphatic imine (C=N–C) groups is 1. The fourth-order valence-electron chi connectivity index (χ4n) is 2.11. The van der Waals surface area contributed by atoms with Crippen molar-refractivity contribution < 1.29 is 0 Å². The highest BCUT2D eigenvalue weighted by molar-refractivity contribution is 5.88. The summed E-state index contributed by atoms with van der Waals surface area (Å²) in [5, 5.41) is 0.998. The van der Waals surface area contributed by atoms with Gasteiger partial charge in [0, 0.05) is 11.7 Å². The SMILES string of the molecule is Cc1ccccc1N=Cc1cc2ccccc2[nH]c1=O. The Balaban J connectivity index is 2.05. The quantitative estimate of drug-likeness (QED) is 0.705. The molecule has 0 radical (unpaired) electrons. The average Bonchev–Trinajstić information content (AvgIpc) is 2.46. The standard InChI is InChI=1S/C17H14N2O/c1-12-6-2-4-8-15(12)18-11-14-10-13-7-3-5-9-16(13)19-17(14)20/h2-11H,1H3,(H,19,20). The van der Waals surface area contributed by atoms with Crippen LogP contribution in [0.1, 0.15) is 11.1 Å². The van der Waals surface area contributed by atoms with Gasteiger partial charge < -0.3 is 4.98 Å². The van der Waals surface area contributed by atoms with Crippen LogP contribution in [0.4, 0.5) is 5.69 Å². The first-order valence-corrected chi connectivity index (χ1v) is 6.46. The molecule has 3 aromatic rings. The Morgan fingerprint density at radius 3 is 2.65 bits per heavy atom. The maximum Gasteiger partial charge on any atom is 0.257 e. The van der Waals surface area contributed by atoms with Crippen LogP contribution in [0.3, 0.4) is 0 Å². The molecule has 1 aromatic heterocycles. The summed E-state index contributed by atoms with van der Waals surface area (Å²) in [5.74, 6) is 0. The number of hydrogen-bond donors (Lipinski definition) is 1. The zero-order chi connectivity index (χ0) is 13.9. The Morgan fingerprint density at radius 2 is 1.80 bits per heavy atom. The van der Waals surface area contributed by atoms with Crippen molar-refractivity contribution in [1.82, 2.24) is 4.98 Å². The summed E-state index contributed by atoms with van der Waals surface area (Å²) in [6.45, 7) is 2.00. The highest BCUT2D eigenvalue weighted by atomic mass is 16.1. The van der Waals surface area contributed by atoms with Crippen LogP contribution in [0.25, 0.3) is 10.9 Å². The molecule has 1 N–H and O–H groups in total. The van der Waals surface area contributed by atoms with Crippen LogP contribution in [0.5, 0.6) is 0 Å². The van der Waals surface area contributed by atoms with Crippen molar-refractivity contribution in [2.24, 2.45) is 4.99 Å². The van der Waals surface area contributed by atoms with Gasteiger partial charge in [0.25, 0.3) is 5.56 Å². The van der Waals surface area contributed by atoms with E-state index in [0.717, 1.165) is 22.2 Å². The predicted octanol–water partition coefficient (Wildman–Crippen LogP) is 3.59. The number of hydrogen-bond acceptors (Lipinski definition) is 2. The van der Waals surface area contributed by atoms with E-state index in [2.05, 4.69) is 9.98 Å². The minimum Gasteiger partial charge on any atom is -0.321 e. The summed E-state index contributed by atoms with van der Waals surface area (Å²) >= 11 is 0. The Bertz CT molecular complexity index is 847. The lowest BCUT2D eigenvalue weighted by Gasteiger charge is -2.00. The van der Waals surface area contributed by atoms with Gasteiger partial charge in [0.1, 0.15) is 0 Å². The number of benzene rings is 2. The normalized spacial score (nSPS) is 11.2. The van der Waals surface area contributed by atoms with Crippen LogP contribution in [0.15, 0.2) is 64.4 Å². The van der Waals surface area contributed by atoms with E-state index in [-0.39, 0.29) is 5.56 Å². The molecule has 0 fully saturated rings. The molecule has 3 heteroatoms. The Morgan fingerprint density at radius 1 is 1.05 bits per heavy atom. The number of aromatic amines is 1. The lowest BCUT2D eigenvalue weighted by molar-refractivity contribution is 1.29. The summed E-state index contributed by atoms with van der Waals surface area (Å²) in [4.78, 5) is 19.3. The Hall–Kier alpha value is -2.68. The van der Waals surface area contributed by atoms with Crippen LogP contribution in [-0.4, -0.2) is 11.2 Å². The molecule has 0 bridgehead atoms. The minimum atomic E-state index is -0.124. The van der Waals surface area contributed by atoms with E-state index in [9.17, 15) is 4.79 Å². The molecule has 98 valence electrons. The van der Waals surface area contributed by atoms with E-state index < -0.39 is 0 Å². The first kappa shape index (κ1) is 12.4. The molecule has 0 atom stereocenters. The molecule has 3 rings (SSSR count). The van der Waals surface area contributed by atoms with Crippen molar-refractivity contribution in [3.8, 4) is 0 Å². The molecule has 0 aliphatic carbocycles. The van der Waals surface area contributed by atoms with E-state index in [1.54, 1.807) is 6.21 Å². The van der Waals surface area contributed by atoms with Crippen LogP contribution in [0, 0.1) is 6.92 Å². The van der Waals surface area contributed by atoms with Crippen LogP contribution < -0.4 is 5.56 Å². The third kappa shape index (κ3) is 2.38.